The Morgan fingerprint density at radius 2 is 2.00 bits per heavy atom. The fraction of sp³-hybridized carbons (Fsp3) is 0.571. The molecular formula is C14H24N4O2S. The van der Waals surface area contributed by atoms with Crippen LogP contribution in [0.4, 0.5) is 11.4 Å². The highest BCUT2D eigenvalue weighted by atomic mass is 32.2. The van der Waals surface area contributed by atoms with Gasteiger partial charge >= 0.3 is 0 Å². The summed E-state index contributed by atoms with van der Waals surface area (Å²) < 4.78 is 23.2. The summed E-state index contributed by atoms with van der Waals surface area (Å²) in [5.74, 6) is 0.425. The Balaban J connectivity index is 1.99. The molecule has 2 rings (SSSR count). The average Bonchev–Trinajstić information content (AvgIpc) is 2.89. The highest BCUT2D eigenvalue weighted by Gasteiger charge is 2.17. The van der Waals surface area contributed by atoms with Gasteiger partial charge in [-0.1, -0.05) is 6.92 Å². The molecule has 118 valence electrons. The Morgan fingerprint density at radius 1 is 1.33 bits per heavy atom. The SMILES string of the molecule is CC(CNc1ccc(N)cc1S(N)(=O)=O)CN1CCCC1. The maximum atomic E-state index is 11.6. The zero-order valence-corrected chi connectivity index (χ0v) is 13.2. The number of primary sulfonamides is 1. The van der Waals surface area contributed by atoms with Crippen molar-refractivity contribution in [1.82, 2.24) is 4.90 Å². The number of sulfonamides is 1. The first-order valence-electron chi connectivity index (χ1n) is 7.25. The topological polar surface area (TPSA) is 101 Å². The van der Waals surface area contributed by atoms with Crippen molar-refractivity contribution in [2.45, 2.75) is 24.7 Å². The molecule has 1 heterocycles. The Bertz CT molecular complexity index is 583. The summed E-state index contributed by atoms with van der Waals surface area (Å²) in [6, 6.07) is 4.72. The van der Waals surface area contributed by atoms with Crippen LogP contribution < -0.4 is 16.2 Å². The monoisotopic (exact) mass is 312 g/mol. The van der Waals surface area contributed by atoms with Crippen LogP contribution in [0.1, 0.15) is 19.8 Å². The van der Waals surface area contributed by atoms with E-state index in [0.717, 1.165) is 19.6 Å². The number of hydrogen-bond donors (Lipinski definition) is 3. The van der Waals surface area contributed by atoms with E-state index in [0.29, 0.717) is 23.8 Å². The van der Waals surface area contributed by atoms with Crippen molar-refractivity contribution in [1.29, 1.82) is 0 Å². The van der Waals surface area contributed by atoms with Gasteiger partial charge in [0.2, 0.25) is 10.0 Å². The van der Waals surface area contributed by atoms with E-state index in [1.807, 2.05) is 0 Å². The predicted octanol–water partition coefficient (Wildman–Crippen LogP) is 1.06. The van der Waals surface area contributed by atoms with E-state index in [9.17, 15) is 8.42 Å². The van der Waals surface area contributed by atoms with Crippen LogP contribution in [-0.4, -0.2) is 39.5 Å². The molecule has 0 saturated carbocycles. The Kier molecular flexibility index (Phi) is 5.08. The number of benzene rings is 1. The van der Waals surface area contributed by atoms with Gasteiger partial charge in [-0.3, -0.25) is 0 Å². The quantitative estimate of drug-likeness (QED) is 0.682. The lowest BCUT2D eigenvalue weighted by molar-refractivity contribution is 0.294. The molecule has 1 atom stereocenters. The first kappa shape index (κ1) is 16.1. The summed E-state index contributed by atoms with van der Waals surface area (Å²) in [5.41, 5.74) is 6.53. The van der Waals surface area contributed by atoms with Crippen molar-refractivity contribution < 1.29 is 8.42 Å². The first-order chi connectivity index (χ1) is 9.86. The molecule has 21 heavy (non-hydrogen) atoms. The molecule has 7 heteroatoms. The van der Waals surface area contributed by atoms with Crippen molar-refractivity contribution in [3.63, 3.8) is 0 Å². The summed E-state index contributed by atoms with van der Waals surface area (Å²) in [4.78, 5) is 2.49. The van der Waals surface area contributed by atoms with E-state index in [2.05, 4.69) is 17.1 Å². The molecule has 1 aromatic rings. The number of hydrogen-bond acceptors (Lipinski definition) is 5. The van der Waals surface area contributed by atoms with Gasteiger partial charge in [-0.05, 0) is 50.0 Å². The van der Waals surface area contributed by atoms with E-state index in [4.69, 9.17) is 10.9 Å². The summed E-state index contributed by atoms with van der Waals surface area (Å²) in [6.07, 6.45) is 2.54. The fourth-order valence-corrected chi connectivity index (χ4v) is 3.42. The van der Waals surface area contributed by atoms with Crippen LogP contribution >= 0.6 is 0 Å². The van der Waals surface area contributed by atoms with Gasteiger partial charge in [0.25, 0.3) is 0 Å². The molecule has 1 aromatic carbocycles. The second-order valence-corrected chi connectivity index (χ2v) is 7.32. The highest BCUT2D eigenvalue weighted by molar-refractivity contribution is 7.89. The van der Waals surface area contributed by atoms with Crippen LogP contribution in [0.2, 0.25) is 0 Å². The lowest BCUT2D eigenvalue weighted by Crippen LogP contribution is -2.29. The minimum atomic E-state index is -3.78. The second kappa shape index (κ2) is 6.64. The standard InChI is InChI=1S/C14H24N4O2S/c1-11(10-18-6-2-3-7-18)9-17-13-5-4-12(15)8-14(13)21(16,19)20/h4-5,8,11,17H,2-3,6-7,9-10,15H2,1H3,(H2,16,19,20). The van der Waals surface area contributed by atoms with Crippen LogP contribution in [0.15, 0.2) is 23.1 Å². The van der Waals surface area contributed by atoms with Gasteiger partial charge in [-0.15, -0.1) is 0 Å². The van der Waals surface area contributed by atoms with Gasteiger partial charge in [0, 0.05) is 18.8 Å². The third-order valence-electron chi connectivity index (χ3n) is 3.72. The molecule has 1 unspecified atom stereocenters. The number of nitrogen functional groups attached to an aromatic ring is 1. The molecule has 0 bridgehead atoms. The summed E-state index contributed by atoms with van der Waals surface area (Å²) in [5, 5.41) is 8.41. The third kappa shape index (κ3) is 4.59. The molecule has 1 saturated heterocycles. The maximum Gasteiger partial charge on any atom is 0.240 e. The zero-order valence-electron chi connectivity index (χ0n) is 12.4. The van der Waals surface area contributed by atoms with E-state index in [1.54, 1.807) is 12.1 Å². The zero-order chi connectivity index (χ0) is 15.5. The van der Waals surface area contributed by atoms with Crippen LogP contribution in [0.5, 0.6) is 0 Å². The van der Waals surface area contributed by atoms with Crippen LogP contribution in [0.3, 0.4) is 0 Å². The van der Waals surface area contributed by atoms with Crippen molar-refractivity contribution in [3.05, 3.63) is 18.2 Å². The second-order valence-electron chi connectivity index (χ2n) is 5.79. The molecule has 0 radical (unpaired) electrons. The van der Waals surface area contributed by atoms with Gasteiger partial charge in [0.15, 0.2) is 0 Å². The van der Waals surface area contributed by atoms with Crippen molar-refractivity contribution in [2.75, 3.05) is 37.2 Å². The van der Waals surface area contributed by atoms with Crippen LogP contribution in [0.25, 0.3) is 0 Å². The summed E-state index contributed by atoms with van der Waals surface area (Å²) in [7, 11) is -3.78. The van der Waals surface area contributed by atoms with Gasteiger partial charge in [-0.2, -0.15) is 0 Å². The molecule has 1 aliphatic heterocycles. The molecule has 0 amide bonds. The average molecular weight is 312 g/mol. The smallest absolute Gasteiger partial charge is 0.240 e. The van der Waals surface area contributed by atoms with E-state index in [1.165, 1.54) is 18.9 Å². The van der Waals surface area contributed by atoms with Crippen LogP contribution in [0, 0.1) is 5.92 Å². The molecule has 0 aliphatic carbocycles. The third-order valence-corrected chi connectivity index (χ3v) is 4.67. The Hall–Kier alpha value is -1.31. The van der Waals surface area contributed by atoms with Gasteiger partial charge in [0.1, 0.15) is 4.90 Å². The number of nitrogens with one attached hydrogen (secondary N) is 1. The number of nitrogens with two attached hydrogens (primary N) is 2. The van der Waals surface area contributed by atoms with Crippen molar-refractivity contribution >= 4 is 21.4 Å². The van der Waals surface area contributed by atoms with Crippen LogP contribution in [-0.2, 0) is 10.0 Å². The molecule has 1 fully saturated rings. The molecule has 5 N–H and O–H groups in total. The van der Waals surface area contributed by atoms with E-state index >= 15 is 0 Å². The molecular weight excluding hydrogens is 288 g/mol. The Morgan fingerprint density at radius 3 is 2.62 bits per heavy atom. The molecule has 0 aromatic heterocycles. The lowest BCUT2D eigenvalue weighted by Gasteiger charge is -2.21. The Labute approximate surface area is 126 Å². The number of nitrogens with zero attached hydrogens (tertiary/aromatic N) is 1. The fourth-order valence-electron chi connectivity index (χ4n) is 2.68. The molecule has 0 spiro atoms. The number of rotatable bonds is 6. The largest absolute Gasteiger partial charge is 0.399 e. The van der Waals surface area contributed by atoms with Crippen molar-refractivity contribution in [2.24, 2.45) is 11.1 Å². The highest BCUT2D eigenvalue weighted by Crippen LogP contribution is 2.23. The van der Waals surface area contributed by atoms with E-state index in [-0.39, 0.29) is 4.90 Å². The molecule has 6 nitrogen and oxygen atoms in total. The van der Waals surface area contributed by atoms with Gasteiger partial charge in [0.05, 0.1) is 5.69 Å². The summed E-state index contributed by atoms with van der Waals surface area (Å²) >= 11 is 0. The van der Waals surface area contributed by atoms with Gasteiger partial charge < -0.3 is 16.0 Å². The number of anilines is 2. The lowest BCUT2D eigenvalue weighted by atomic mass is 10.1. The predicted molar refractivity (Wildman–Crippen MR) is 85.6 cm³/mol. The minimum absolute atomic E-state index is 0.0517. The first-order valence-corrected chi connectivity index (χ1v) is 8.79. The van der Waals surface area contributed by atoms with Crippen molar-refractivity contribution in [3.8, 4) is 0 Å². The minimum Gasteiger partial charge on any atom is -0.399 e. The maximum absolute atomic E-state index is 11.6. The normalized spacial score (nSPS) is 17.8. The summed E-state index contributed by atoms with van der Waals surface area (Å²) in [6.45, 7) is 6.19. The number of likely N-dealkylation sites (tertiary alicyclic amines) is 1. The van der Waals surface area contributed by atoms with E-state index < -0.39 is 10.0 Å². The van der Waals surface area contributed by atoms with Gasteiger partial charge in [-0.25, -0.2) is 13.6 Å². The molecule has 1 aliphatic rings.